The van der Waals surface area contributed by atoms with Crippen molar-refractivity contribution in [1.29, 1.82) is 0 Å². The summed E-state index contributed by atoms with van der Waals surface area (Å²) >= 11 is 0. The molecule has 1 atom stereocenters. The van der Waals surface area contributed by atoms with Crippen LogP contribution in [-0.4, -0.2) is 35.4 Å². The van der Waals surface area contributed by atoms with Crippen molar-refractivity contribution in [2.45, 2.75) is 33.8 Å². The second-order valence-electron chi connectivity index (χ2n) is 5.88. The Morgan fingerprint density at radius 2 is 1.81 bits per heavy atom. The van der Waals surface area contributed by atoms with Crippen molar-refractivity contribution in [3.05, 3.63) is 57.9 Å². The van der Waals surface area contributed by atoms with Crippen LogP contribution in [0.3, 0.4) is 0 Å². The first-order valence-corrected chi connectivity index (χ1v) is 8.23. The molecule has 0 aliphatic rings. The predicted molar refractivity (Wildman–Crippen MR) is 91.8 cm³/mol. The SMILES string of the molecule is CCOC(=O)c1c(C)[nH]c(C(=O)[C@@H](C)OC(=O)c2ccc(F)cc2F)c1C. The summed E-state index contributed by atoms with van der Waals surface area (Å²) < 4.78 is 36.6. The molecule has 144 valence electrons. The van der Waals surface area contributed by atoms with E-state index >= 15 is 0 Å². The standard InChI is InChI=1S/C19H19F2NO5/c1-5-26-19(25)15-9(2)16(22-10(15)3)17(23)11(4)27-18(24)13-7-6-12(20)8-14(13)21/h6-8,11,22H,5H2,1-4H3/t11-/m1/s1. The van der Waals surface area contributed by atoms with Crippen molar-refractivity contribution in [2.75, 3.05) is 6.61 Å². The second kappa shape index (κ2) is 8.11. The summed E-state index contributed by atoms with van der Waals surface area (Å²) in [6.07, 6.45) is -1.26. The smallest absolute Gasteiger partial charge is 0.341 e. The molecule has 0 bridgehead atoms. The summed E-state index contributed by atoms with van der Waals surface area (Å²) in [7, 11) is 0. The highest BCUT2D eigenvalue weighted by Crippen LogP contribution is 2.21. The highest BCUT2D eigenvalue weighted by Gasteiger charge is 2.28. The van der Waals surface area contributed by atoms with Gasteiger partial charge in [0.1, 0.15) is 11.6 Å². The lowest BCUT2D eigenvalue weighted by atomic mass is 10.1. The number of hydrogen-bond donors (Lipinski definition) is 1. The van der Waals surface area contributed by atoms with Crippen molar-refractivity contribution >= 4 is 17.7 Å². The molecule has 0 radical (unpaired) electrons. The molecular weight excluding hydrogens is 360 g/mol. The van der Waals surface area contributed by atoms with Crippen LogP contribution in [0.5, 0.6) is 0 Å². The van der Waals surface area contributed by atoms with Crippen LogP contribution in [0.1, 0.15) is 56.3 Å². The molecule has 2 aromatic rings. The first-order valence-electron chi connectivity index (χ1n) is 8.23. The average molecular weight is 379 g/mol. The Kier molecular flexibility index (Phi) is 6.09. The van der Waals surface area contributed by atoms with Crippen molar-refractivity contribution < 1.29 is 32.6 Å². The molecule has 2 rings (SSSR count). The number of rotatable bonds is 6. The monoisotopic (exact) mass is 379 g/mol. The molecule has 1 heterocycles. The molecule has 1 aromatic carbocycles. The number of aryl methyl sites for hydroxylation is 1. The summed E-state index contributed by atoms with van der Waals surface area (Å²) in [5.41, 5.74) is 0.658. The van der Waals surface area contributed by atoms with Crippen molar-refractivity contribution in [3.63, 3.8) is 0 Å². The molecule has 1 N–H and O–H groups in total. The van der Waals surface area contributed by atoms with Gasteiger partial charge in [-0.2, -0.15) is 0 Å². The third-order valence-electron chi connectivity index (χ3n) is 3.97. The van der Waals surface area contributed by atoms with Gasteiger partial charge in [-0.3, -0.25) is 4.79 Å². The number of esters is 2. The van der Waals surface area contributed by atoms with E-state index in [0.717, 1.165) is 12.1 Å². The molecule has 27 heavy (non-hydrogen) atoms. The van der Waals surface area contributed by atoms with Crippen molar-refractivity contribution in [2.24, 2.45) is 0 Å². The number of aromatic amines is 1. The van der Waals surface area contributed by atoms with Gasteiger partial charge in [0.15, 0.2) is 6.10 Å². The molecule has 0 aliphatic heterocycles. The van der Waals surface area contributed by atoms with Gasteiger partial charge in [-0.15, -0.1) is 0 Å². The number of Topliss-reactive ketones (excluding diaryl/α,β-unsaturated/α-hetero) is 1. The molecule has 0 saturated heterocycles. The lowest BCUT2D eigenvalue weighted by Gasteiger charge is -2.12. The minimum absolute atomic E-state index is 0.0930. The zero-order valence-electron chi connectivity index (χ0n) is 15.3. The fourth-order valence-corrected chi connectivity index (χ4v) is 2.64. The minimum Gasteiger partial charge on any atom is -0.462 e. The molecule has 0 fully saturated rings. The Morgan fingerprint density at radius 3 is 2.41 bits per heavy atom. The number of benzene rings is 1. The summed E-state index contributed by atoms with van der Waals surface area (Å²) in [6, 6.07) is 2.40. The van der Waals surface area contributed by atoms with E-state index in [1.807, 2.05) is 0 Å². The second-order valence-corrected chi connectivity index (χ2v) is 5.88. The average Bonchev–Trinajstić information content (AvgIpc) is 2.88. The molecule has 0 unspecified atom stereocenters. The number of carbonyl (C=O) groups excluding carboxylic acids is 3. The Hall–Kier alpha value is -3.03. The predicted octanol–water partition coefficient (Wildman–Crippen LogP) is 3.51. The topological polar surface area (TPSA) is 85.5 Å². The molecule has 0 spiro atoms. The molecular formula is C19H19F2NO5. The van der Waals surface area contributed by atoms with E-state index in [1.165, 1.54) is 6.92 Å². The highest BCUT2D eigenvalue weighted by molar-refractivity contribution is 6.04. The van der Waals surface area contributed by atoms with Crippen LogP contribution < -0.4 is 0 Å². The van der Waals surface area contributed by atoms with E-state index in [9.17, 15) is 23.2 Å². The fourth-order valence-electron chi connectivity index (χ4n) is 2.64. The van der Waals surface area contributed by atoms with Gasteiger partial charge in [-0.1, -0.05) is 0 Å². The van der Waals surface area contributed by atoms with Gasteiger partial charge >= 0.3 is 11.9 Å². The number of hydrogen-bond acceptors (Lipinski definition) is 5. The first-order chi connectivity index (χ1) is 12.7. The Morgan fingerprint density at radius 1 is 1.15 bits per heavy atom. The van der Waals surface area contributed by atoms with E-state index in [2.05, 4.69) is 4.98 Å². The maximum Gasteiger partial charge on any atom is 0.341 e. The van der Waals surface area contributed by atoms with Gasteiger partial charge in [-0.05, 0) is 45.4 Å². The van der Waals surface area contributed by atoms with Crippen LogP contribution in [0.4, 0.5) is 8.78 Å². The zero-order valence-corrected chi connectivity index (χ0v) is 15.3. The van der Waals surface area contributed by atoms with Crippen LogP contribution >= 0.6 is 0 Å². The van der Waals surface area contributed by atoms with Gasteiger partial charge in [0.2, 0.25) is 5.78 Å². The van der Waals surface area contributed by atoms with Gasteiger partial charge in [0, 0.05) is 11.8 Å². The van der Waals surface area contributed by atoms with E-state index < -0.39 is 41.0 Å². The minimum atomic E-state index is -1.26. The van der Waals surface area contributed by atoms with Crippen LogP contribution in [0.25, 0.3) is 0 Å². The Balaban J connectivity index is 2.21. The lowest BCUT2D eigenvalue weighted by molar-refractivity contribution is 0.0312. The molecule has 8 heteroatoms. The number of carbonyl (C=O) groups is 3. The van der Waals surface area contributed by atoms with Crippen molar-refractivity contribution in [3.8, 4) is 0 Å². The Labute approximate surface area is 154 Å². The van der Waals surface area contributed by atoms with E-state index in [1.54, 1.807) is 20.8 Å². The molecule has 1 aromatic heterocycles. The number of ether oxygens (including phenoxy) is 2. The normalized spacial score (nSPS) is 11.8. The van der Waals surface area contributed by atoms with Crippen LogP contribution in [-0.2, 0) is 9.47 Å². The molecule has 0 saturated carbocycles. The van der Waals surface area contributed by atoms with Crippen molar-refractivity contribution in [1.82, 2.24) is 4.98 Å². The number of nitrogens with one attached hydrogen (secondary N) is 1. The van der Waals surface area contributed by atoms with Crippen LogP contribution in [0, 0.1) is 25.5 Å². The summed E-state index contributed by atoms with van der Waals surface area (Å²) in [6.45, 7) is 6.35. The third kappa shape index (κ3) is 4.21. The largest absolute Gasteiger partial charge is 0.462 e. The van der Waals surface area contributed by atoms with E-state index in [0.29, 0.717) is 17.3 Å². The molecule has 6 nitrogen and oxygen atoms in total. The van der Waals surface area contributed by atoms with Crippen LogP contribution in [0.2, 0.25) is 0 Å². The summed E-state index contributed by atoms with van der Waals surface area (Å²) in [4.78, 5) is 39.5. The number of aromatic nitrogens is 1. The van der Waals surface area contributed by atoms with Gasteiger partial charge in [-0.25, -0.2) is 18.4 Å². The number of ketones is 1. The van der Waals surface area contributed by atoms with E-state index in [-0.39, 0.29) is 17.9 Å². The van der Waals surface area contributed by atoms with Gasteiger partial charge in [0.25, 0.3) is 0 Å². The van der Waals surface area contributed by atoms with E-state index in [4.69, 9.17) is 9.47 Å². The molecule has 0 amide bonds. The molecule has 0 aliphatic carbocycles. The fraction of sp³-hybridized carbons (Fsp3) is 0.316. The first kappa shape index (κ1) is 20.3. The quantitative estimate of drug-likeness (QED) is 0.613. The van der Waals surface area contributed by atoms with Crippen LogP contribution in [0.15, 0.2) is 18.2 Å². The Bertz CT molecular complexity index is 904. The highest BCUT2D eigenvalue weighted by atomic mass is 19.1. The zero-order chi connectivity index (χ0) is 20.3. The maximum absolute atomic E-state index is 13.7. The number of halogens is 2. The third-order valence-corrected chi connectivity index (χ3v) is 3.97. The maximum atomic E-state index is 13.7. The van der Waals surface area contributed by atoms with Gasteiger partial charge in [0.05, 0.1) is 23.4 Å². The number of H-pyrrole nitrogens is 1. The lowest BCUT2D eigenvalue weighted by Crippen LogP contribution is -2.26. The summed E-state index contributed by atoms with van der Waals surface area (Å²) in [5, 5.41) is 0. The van der Waals surface area contributed by atoms with Gasteiger partial charge < -0.3 is 14.5 Å². The summed E-state index contributed by atoms with van der Waals surface area (Å²) in [5.74, 6) is -4.18.